The molecule has 0 saturated heterocycles. The molecule has 1 amide bonds. The van der Waals surface area contributed by atoms with E-state index in [-0.39, 0.29) is 27.6 Å². The van der Waals surface area contributed by atoms with Gasteiger partial charge in [0.1, 0.15) is 11.4 Å². The summed E-state index contributed by atoms with van der Waals surface area (Å²) < 4.78 is 28.0. The molecule has 0 aliphatic carbocycles. The Labute approximate surface area is 192 Å². The Morgan fingerprint density at radius 1 is 0.970 bits per heavy atom. The molecule has 0 radical (unpaired) electrons. The standard InChI is InChI=1S/C26H24N2O4S/c1-3-19-10-12-20(13-11-19)27-25(29)17-28-16-24(33(31,32)21-7-5-4-6-8-21)26(30)22-15-18(2)9-14-23(22)28/h4-16H,3,17H2,1-2H3,(H,27,29). The van der Waals surface area contributed by atoms with Crippen LogP contribution in [-0.2, 0) is 27.6 Å². The molecule has 0 saturated carbocycles. The van der Waals surface area contributed by atoms with E-state index < -0.39 is 15.3 Å². The molecule has 0 aliphatic rings. The minimum absolute atomic E-state index is 0.0288. The van der Waals surface area contributed by atoms with Gasteiger partial charge in [0, 0.05) is 17.3 Å². The predicted molar refractivity (Wildman–Crippen MR) is 129 cm³/mol. The molecule has 33 heavy (non-hydrogen) atoms. The number of hydrogen-bond donors (Lipinski definition) is 1. The average Bonchev–Trinajstić information content (AvgIpc) is 2.81. The molecule has 0 spiro atoms. The number of nitrogens with zero attached hydrogens (tertiary/aromatic N) is 1. The number of aryl methyl sites for hydroxylation is 2. The summed E-state index contributed by atoms with van der Waals surface area (Å²) >= 11 is 0. The maximum atomic E-state index is 13.3. The molecule has 6 nitrogen and oxygen atoms in total. The molecule has 168 valence electrons. The third kappa shape index (κ3) is 4.59. The Morgan fingerprint density at radius 2 is 1.67 bits per heavy atom. The zero-order chi connectivity index (χ0) is 23.6. The van der Waals surface area contributed by atoms with Crippen LogP contribution >= 0.6 is 0 Å². The van der Waals surface area contributed by atoms with Gasteiger partial charge in [-0.1, -0.05) is 48.9 Å². The Hall–Kier alpha value is -3.71. The van der Waals surface area contributed by atoms with E-state index in [0.717, 1.165) is 17.5 Å². The number of pyridine rings is 1. The van der Waals surface area contributed by atoms with Crippen molar-refractivity contribution in [3.8, 4) is 0 Å². The average molecular weight is 461 g/mol. The van der Waals surface area contributed by atoms with Gasteiger partial charge in [-0.25, -0.2) is 8.42 Å². The smallest absolute Gasteiger partial charge is 0.244 e. The minimum atomic E-state index is -4.06. The molecule has 7 heteroatoms. The number of aromatic nitrogens is 1. The van der Waals surface area contributed by atoms with Gasteiger partial charge in [0.2, 0.25) is 21.2 Å². The number of rotatable bonds is 6. The molecule has 3 aromatic carbocycles. The second-order valence-electron chi connectivity index (χ2n) is 7.89. The zero-order valence-electron chi connectivity index (χ0n) is 18.4. The summed E-state index contributed by atoms with van der Waals surface area (Å²) in [6.45, 7) is 3.73. The summed E-state index contributed by atoms with van der Waals surface area (Å²) in [4.78, 5) is 25.7. The summed E-state index contributed by atoms with van der Waals surface area (Å²) in [5.41, 5.74) is 2.54. The maximum Gasteiger partial charge on any atom is 0.244 e. The van der Waals surface area contributed by atoms with Crippen LogP contribution in [0.3, 0.4) is 0 Å². The van der Waals surface area contributed by atoms with Crippen molar-refractivity contribution >= 4 is 32.3 Å². The van der Waals surface area contributed by atoms with Crippen LogP contribution in [0, 0.1) is 6.92 Å². The number of sulfone groups is 1. The maximum absolute atomic E-state index is 13.3. The first-order chi connectivity index (χ1) is 15.8. The van der Waals surface area contributed by atoms with Crippen LogP contribution < -0.4 is 10.7 Å². The predicted octanol–water partition coefficient (Wildman–Crippen LogP) is 4.34. The van der Waals surface area contributed by atoms with Crippen molar-refractivity contribution in [3.63, 3.8) is 0 Å². The molecule has 0 aliphatic heterocycles. The molecule has 0 atom stereocenters. The van der Waals surface area contributed by atoms with Crippen LogP contribution in [0.1, 0.15) is 18.1 Å². The number of carbonyl (C=O) groups is 1. The van der Waals surface area contributed by atoms with Crippen LogP contribution in [-0.4, -0.2) is 18.9 Å². The lowest BCUT2D eigenvalue weighted by Gasteiger charge is -2.14. The first-order valence-corrected chi connectivity index (χ1v) is 12.1. The van der Waals surface area contributed by atoms with Crippen LogP contribution in [0.2, 0.25) is 0 Å². The lowest BCUT2D eigenvalue weighted by molar-refractivity contribution is -0.116. The molecular weight excluding hydrogens is 436 g/mol. The first kappa shape index (κ1) is 22.5. The van der Waals surface area contributed by atoms with Crippen LogP contribution in [0.25, 0.3) is 10.9 Å². The number of hydrogen-bond acceptors (Lipinski definition) is 4. The van der Waals surface area contributed by atoms with Gasteiger partial charge in [-0.05, 0) is 55.3 Å². The molecule has 1 N–H and O–H groups in total. The Kier molecular flexibility index (Phi) is 6.16. The van der Waals surface area contributed by atoms with Gasteiger partial charge >= 0.3 is 0 Å². The fraction of sp³-hybridized carbons (Fsp3) is 0.154. The van der Waals surface area contributed by atoms with Gasteiger partial charge in [0.25, 0.3) is 0 Å². The molecule has 4 rings (SSSR count). The van der Waals surface area contributed by atoms with E-state index in [1.54, 1.807) is 30.3 Å². The fourth-order valence-electron chi connectivity index (χ4n) is 3.71. The van der Waals surface area contributed by atoms with Gasteiger partial charge in [0.05, 0.1) is 10.4 Å². The van der Waals surface area contributed by atoms with Gasteiger partial charge in [-0.15, -0.1) is 0 Å². The highest BCUT2D eigenvalue weighted by Crippen LogP contribution is 2.22. The van der Waals surface area contributed by atoms with Gasteiger partial charge < -0.3 is 9.88 Å². The monoisotopic (exact) mass is 460 g/mol. The van der Waals surface area contributed by atoms with E-state index in [4.69, 9.17) is 0 Å². The summed E-state index contributed by atoms with van der Waals surface area (Å²) in [7, 11) is -4.06. The van der Waals surface area contributed by atoms with E-state index in [0.29, 0.717) is 11.2 Å². The number of nitrogens with one attached hydrogen (secondary N) is 1. The van der Waals surface area contributed by atoms with Crippen LogP contribution in [0.15, 0.2) is 93.6 Å². The molecule has 0 fully saturated rings. The summed E-state index contributed by atoms with van der Waals surface area (Å²) in [6.07, 6.45) is 2.16. The Balaban J connectivity index is 1.78. The van der Waals surface area contributed by atoms with Crippen molar-refractivity contribution in [2.24, 2.45) is 0 Å². The van der Waals surface area contributed by atoms with Crippen LogP contribution in [0.5, 0.6) is 0 Å². The van der Waals surface area contributed by atoms with Crippen molar-refractivity contribution in [1.29, 1.82) is 0 Å². The quantitative estimate of drug-likeness (QED) is 0.464. The van der Waals surface area contributed by atoms with E-state index in [1.807, 2.05) is 37.3 Å². The molecule has 0 unspecified atom stereocenters. The van der Waals surface area contributed by atoms with Crippen molar-refractivity contribution in [2.45, 2.75) is 36.6 Å². The molecule has 0 bridgehead atoms. The lowest BCUT2D eigenvalue weighted by atomic mass is 10.1. The SMILES string of the molecule is CCc1ccc(NC(=O)Cn2cc(S(=O)(=O)c3ccccc3)c(=O)c3cc(C)ccc32)cc1. The number of anilines is 1. The second kappa shape index (κ2) is 9.03. The molecule has 1 aromatic heterocycles. The topological polar surface area (TPSA) is 85.2 Å². The largest absolute Gasteiger partial charge is 0.336 e. The van der Waals surface area contributed by atoms with Gasteiger partial charge in [0.15, 0.2) is 0 Å². The highest BCUT2D eigenvalue weighted by molar-refractivity contribution is 7.91. The van der Waals surface area contributed by atoms with E-state index in [2.05, 4.69) is 12.2 Å². The summed E-state index contributed by atoms with van der Waals surface area (Å²) in [6, 6.07) is 20.6. The zero-order valence-corrected chi connectivity index (χ0v) is 19.2. The Bertz CT molecular complexity index is 1490. The van der Waals surface area contributed by atoms with Crippen molar-refractivity contribution in [1.82, 2.24) is 4.57 Å². The highest BCUT2D eigenvalue weighted by atomic mass is 32.2. The molecule has 1 heterocycles. The van der Waals surface area contributed by atoms with Crippen LogP contribution in [0.4, 0.5) is 5.69 Å². The van der Waals surface area contributed by atoms with E-state index in [1.165, 1.54) is 22.9 Å². The van der Waals surface area contributed by atoms with E-state index >= 15 is 0 Å². The van der Waals surface area contributed by atoms with Crippen molar-refractivity contribution in [3.05, 3.63) is 100 Å². The summed E-state index contributed by atoms with van der Waals surface area (Å²) in [5, 5.41) is 3.09. The van der Waals surface area contributed by atoms with Crippen molar-refractivity contribution < 1.29 is 13.2 Å². The fourth-order valence-corrected chi connectivity index (χ4v) is 5.10. The minimum Gasteiger partial charge on any atom is -0.336 e. The van der Waals surface area contributed by atoms with E-state index in [9.17, 15) is 18.0 Å². The second-order valence-corrected chi connectivity index (χ2v) is 9.80. The highest BCUT2D eigenvalue weighted by Gasteiger charge is 2.24. The number of amides is 1. The summed E-state index contributed by atoms with van der Waals surface area (Å²) in [5.74, 6) is -0.326. The normalized spacial score (nSPS) is 11.5. The number of fused-ring (bicyclic) bond motifs is 1. The Morgan fingerprint density at radius 3 is 2.33 bits per heavy atom. The van der Waals surface area contributed by atoms with Gasteiger partial charge in [-0.2, -0.15) is 0 Å². The van der Waals surface area contributed by atoms with Crippen molar-refractivity contribution in [2.75, 3.05) is 5.32 Å². The van der Waals surface area contributed by atoms with Gasteiger partial charge in [-0.3, -0.25) is 9.59 Å². The third-order valence-electron chi connectivity index (χ3n) is 5.51. The number of benzene rings is 3. The third-order valence-corrected chi connectivity index (χ3v) is 7.27. The molecule has 4 aromatic rings. The molecular formula is C26H24N2O4S. The number of carbonyl (C=O) groups excluding carboxylic acids is 1. The lowest BCUT2D eigenvalue weighted by Crippen LogP contribution is -2.24. The first-order valence-electron chi connectivity index (χ1n) is 10.6.